The van der Waals surface area contributed by atoms with Gasteiger partial charge in [0.1, 0.15) is 0 Å². The number of hydrogen-bond donors (Lipinski definition) is 0. The summed E-state index contributed by atoms with van der Waals surface area (Å²) in [7, 11) is 0. The summed E-state index contributed by atoms with van der Waals surface area (Å²) < 4.78 is 1.15. The zero-order valence-corrected chi connectivity index (χ0v) is 36.2. The van der Waals surface area contributed by atoms with Crippen molar-refractivity contribution in [2.75, 3.05) is 0 Å². The average molecular weight is 854 g/mol. The van der Waals surface area contributed by atoms with Gasteiger partial charge in [-0.2, -0.15) is 0 Å². The van der Waals surface area contributed by atoms with E-state index in [0.717, 1.165) is 4.47 Å². The molecule has 0 atom stereocenters. The smallest absolute Gasteiger partial charge is 0.0332 e. The zero-order chi connectivity index (χ0) is 41.5. The van der Waals surface area contributed by atoms with E-state index in [9.17, 15) is 0 Å². The molecule has 0 amide bonds. The van der Waals surface area contributed by atoms with Crippen molar-refractivity contribution in [2.24, 2.45) is 0 Å². The summed E-state index contributed by atoms with van der Waals surface area (Å²) in [4.78, 5) is 0. The Labute approximate surface area is 370 Å². The molecule has 0 saturated carbocycles. The van der Waals surface area contributed by atoms with Crippen molar-refractivity contribution in [2.45, 2.75) is 19.3 Å². The lowest BCUT2D eigenvalue weighted by molar-refractivity contribution is 0.661. The number of fused-ring (bicyclic) bond motifs is 7. The molecule has 0 nitrogen and oxygen atoms in total. The van der Waals surface area contributed by atoms with Gasteiger partial charge in [0.25, 0.3) is 0 Å². The Morgan fingerprint density at radius 1 is 0.274 bits per heavy atom. The standard InChI is InChI=1S/C61H41Br/c1-61(2)55-36-43(38-24-28-41(29-25-38)58-49-18-8-6-16-47(49)57(40-14-4-3-5-15-40)48-17-7-9-19-50(48)58)32-34-45(55)46-35-33-44(37-56(46)61)39-26-30-42(31-27-39)59-51-20-10-12-22-53(51)60(62)54-23-13-11-21-52(54)59/h3-37H,1-2H3. The minimum atomic E-state index is -0.149. The number of halogens is 1. The van der Waals surface area contributed by atoms with Crippen molar-refractivity contribution in [3.63, 3.8) is 0 Å². The average Bonchev–Trinajstić information content (AvgIpc) is 3.56. The summed E-state index contributed by atoms with van der Waals surface area (Å²) in [5.74, 6) is 0. The van der Waals surface area contributed by atoms with Crippen LogP contribution in [0.4, 0.5) is 0 Å². The maximum absolute atomic E-state index is 3.92. The van der Waals surface area contributed by atoms with Crippen molar-refractivity contribution in [1.29, 1.82) is 0 Å². The molecule has 0 aromatic heterocycles. The van der Waals surface area contributed by atoms with Crippen LogP contribution in [0, 0.1) is 0 Å². The third-order valence-corrected chi connectivity index (χ3v) is 14.4. The normalized spacial score (nSPS) is 12.9. The zero-order valence-electron chi connectivity index (χ0n) is 34.6. The van der Waals surface area contributed by atoms with Crippen LogP contribution in [0.15, 0.2) is 217 Å². The van der Waals surface area contributed by atoms with E-state index in [1.165, 1.54) is 121 Å². The second kappa shape index (κ2) is 14.3. The van der Waals surface area contributed by atoms with Gasteiger partial charge in [0.05, 0.1) is 0 Å². The lowest BCUT2D eigenvalue weighted by Crippen LogP contribution is -2.15. The van der Waals surface area contributed by atoms with E-state index in [1.54, 1.807) is 0 Å². The van der Waals surface area contributed by atoms with Crippen molar-refractivity contribution in [3.8, 4) is 66.8 Å². The first-order chi connectivity index (χ1) is 30.4. The van der Waals surface area contributed by atoms with Crippen LogP contribution in [0.1, 0.15) is 25.0 Å². The molecule has 11 aromatic carbocycles. The molecule has 11 aromatic rings. The SMILES string of the molecule is CC1(C)c2cc(-c3ccc(-c4c5ccccc5c(Br)c5ccccc45)cc3)ccc2-c2ccc(-c3ccc(-c4c5ccccc5c(-c5ccccc5)c5ccccc45)cc3)cc21. The van der Waals surface area contributed by atoms with E-state index in [1.807, 2.05) is 0 Å². The molecule has 0 N–H and O–H groups in total. The van der Waals surface area contributed by atoms with Gasteiger partial charge in [-0.05, 0) is 149 Å². The van der Waals surface area contributed by atoms with Crippen LogP contribution < -0.4 is 0 Å². The highest BCUT2D eigenvalue weighted by Crippen LogP contribution is 2.51. The Morgan fingerprint density at radius 3 is 0.919 bits per heavy atom. The molecule has 0 radical (unpaired) electrons. The molecular weight excluding hydrogens is 813 g/mol. The molecule has 0 bridgehead atoms. The first kappa shape index (κ1) is 36.8. The summed E-state index contributed by atoms with van der Waals surface area (Å²) >= 11 is 3.92. The van der Waals surface area contributed by atoms with Crippen LogP contribution in [0.25, 0.3) is 110 Å². The van der Waals surface area contributed by atoms with Crippen LogP contribution in [0.3, 0.4) is 0 Å². The maximum Gasteiger partial charge on any atom is 0.0332 e. The summed E-state index contributed by atoms with van der Waals surface area (Å²) in [6.45, 7) is 4.77. The molecule has 1 aliphatic carbocycles. The molecule has 0 spiro atoms. The van der Waals surface area contributed by atoms with E-state index in [4.69, 9.17) is 0 Å². The Bertz CT molecular complexity index is 3460. The van der Waals surface area contributed by atoms with E-state index >= 15 is 0 Å². The van der Waals surface area contributed by atoms with Crippen molar-refractivity contribution < 1.29 is 0 Å². The minimum Gasteiger partial charge on any atom is -0.0622 e. The monoisotopic (exact) mass is 852 g/mol. The molecule has 0 unspecified atom stereocenters. The van der Waals surface area contributed by atoms with E-state index in [2.05, 4.69) is 242 Å². The van der Waals surface area contributed by atoms with Crippen LogP contribution in [0.2, 0.25) is 0 Å². The van der Waals surface area contributed by atoms with Gasteiger partial charge in [0, 0.05) is 9.89 Å². The number of hydrogen-bond acceptors (Lipinski definition) is 0. The van der Waals surface area contributed by atoms with Crippen molar-refractivity contribution >= 4 is 59.0 Å². The molecular formula is C61H41Br. The van der Waals surface area contributed by atoms with Gasteiger partial charge in [0.15, 0.2) is 0 Å². The lowest BCUT2D eigenvalue weighted by atomic mass is 9.80. The molecule has 292 valence electrons. The molecule has 1 aliphatic rings. The lowest BCUT2D eigenvalue weighted by Gasteiger charge is -2.23. The minimum absolute atomic E-state index is 0.149. The van der Waals surface area contributed by atoms with Crippen molar-refractivity contribution in [1.82, 2.24) is 0 Å². The molecule has 62 heavy (non-hydrogen) atoms. The van der Waals surface area contributed by atoms with Gasteiger partial charge >= 0.3 is 0 Å². The van der Waals surface area contributed by atoms with E-state index in [0.29, 0.717) is 0 Å². The van der Waals surface area contributed by atoms with Gasteiger partial charge in [-0.3, -0.25) is 0 Å². The highest BCUT2D eigenvalue weighted by molar-refractivity contribution is 9.10. The van der Waals surface area contributed by atoms with Gasteiger partial charge in [-0.15, -0.1) is 0 Å². The summed E-state index contributed by atoms with van der Waals surface area (Å²) in [6, 6.07) is 78.6. The van der Waals surface area contributed by atoms with Gasteiger partial charge in [-0.25, -0.2) is 0 Å². The fraction of sp³-hybridized carbons (Fsp3) is 0.0492. The topological polar surface area (TPSA) is 0 Å². The summed E-state index contributed by atoms with van der Waals surface area (Å²) in [5.41, 5.74) is 17.8. The Balaban J connectivity index is 0.879. The predicted octanol–water partition coefficient (Wildman–Crippen LogP) is 17.7. The second-order valence-corrected chi connectivity index (χ2v) is 18.1. The second-order valence-electron chi connectivity index (χ2n) is 17.3. The van der Waals surface area contributed by atoms with E-state index < -0.39 is 0 Å². The van der Waals surface area contributed by atoms with E-state index in [-0.39, 0.29) is 5.41 Å². The molecule has 0 heterocycles. The molecule has 0 aliphatic heterocycles. The fourth-order valence-electron chi connectivity index (χ4n) is 10.5. The highest BCUT2D eigenvalue weighted by Gasteiger charge is 2.36. The Hall–Kier alpha value is -7.06. The largest absolute Gasteiger partial charge is 0.0622 e. The predicted molar refractivity (Wildman–Crippen MR) is 269 cm³/mol. The van der Waals surface area contributed by atoms with Gasteiger partial charge in [0.2, 0.25) is 0 Å². The first-order valence-corrected chi connectivity index (χ1v) is 22.3. The van der Waals surface area contributed by atoms with Crippen LogP contribution in [-0.2, 0) is 5.41 Å². The Morgan fingerprint density at radius 2 is 0.548 bits per heavy atom. The van der Waals surface area contributed by atoms with Gasteiger partial charge < -0.3 is 0 Å². The highest BCUT2D eigenvalue weighted by atomic mass is 79.9. The fourth-order valence-corrected chi connectivity index (χ4v) is 11.2. The molecule has 0 fully saturated rings. The summed E-state index contributed by atoms with van der Waals surface area (Å²) in [6.07, 6.45) is 0. The number of rotatable bonds is 5. The van der Waals surface area contributed by atoms with Gasteiger partial charge in [-0.1, -0.05) is 214 Å². The molecule has 0 saturated heterocycles. The molecule has 12 rings (SSSR count). The van der Waals surface area contributed by atoms with Crippen LogP contribution >= 0.6 is 15.9 Å². The van der Waals surface area contributed by atoms with Crippen LogP contribution in [-0.4, -0.2) is 0 Å². The quantitative estimate of drug-likeness (QED) is 0.151. The van der Waals surface area contributed by atoms with Crippen molar-refractivity contribution in [3.05, 3.63) is 228 Å². The third kappa shape index (κ3) is 5.65. The maximum atomic E-state index is 3.92. The third-order valence-electron chi connectivity index (χ3n) is 13.5. The first-order valence-electron chi connectivity index (χ1n) is 21.5. The molecule has 1 heteroatoms. The Kier molecular flexibility index (Phi) is 8.46. The number of benzene rings is 11. The summed E-state index contributed by atoms with van der Waals surface area (Å²) in [5, 5.41) is 10.1. The van der Waals surface area contributed by atoms with Crippen LogP contribution in [0.5, 0.6) is 0 Å².